The Morgan fingerprint density at radius 3 is 2.78 bits per heavy atom. The van der Waals surface area contributed by atoms with Gasteiger partial charge in [-0.3, -0.25) is 9.78 Å². The second-order valence-electron chi connectivity index (χ2n) is 5.71. The molecule has 1 amide bonds. The molecule has 23 heavy (non-hydrogen) atoms. The summed E-state index contributed by atoms with van der Waals surface area (Å²) >= 11 is 0. The van der Waals surface area contributed by atoms with Crippen molar-refractivity contribution in [2.24, 2.45) is 0 Å². The predicted octanol–water partition coefficient (Wildman–Crippen LogP) is 1.00. The maximum atomic E-state index is 12.6. The van der Waals surface area contributed by atoms with Gasteiger partial charge < -0.3 is 5.32 Å². The van der Waals surface area contributed by atoms with Gasteiger partial charge in [0.05, 0.1) is 17.3 Å². The van der Waals surface area contributed by atoms with Crippen molar-refractivity contribution < 1.29 is 13.2 Å². The van der Waals surface area contributed by atoms with Crippen LogP contribution in [0.1, 0.15) is 28.0 Å². The summed E-state index contributed by atoms with van der Waals surface area (Å²) < 4.78 is 24.4. The van der Waals surface area contributed by atoms with Crippen LogP contribution in [0, 0.1) is 0 Å². The fourth-order valence-electron chi connectivity index (χ4n) is 2.97. The number of benzene rings is 1. The molecule has 2 aromatic rings. The molecule has 0 bridgehead atoms. The highest BCUT2D eigenvalue weighted by atomic mass is 32.2. The number of sulfonamides is 1. The highest BCUT2D eigenvalue weighted by molar-refractivity contribution is 7.88. The number of hydrogen-bond donors (Lipinski definition) is 2. The number of pyridine rings is 1. The quantitative estimate of drug-likeness (QED) is 0.799. The first-order valence-electron chi connectivity index (χ1n) is 7.59. The summed E-state index contributed by atoms with van der Waals surface area (Å²) in [5.41, 5.74) is 3.54. The summed E-state index contributed by atoms with van der Waals surface area (Å²) in [7, 11) is -3.24. The lowest BCUT2D eigenvalue weighted by Gasteiger charge is -2.12. The van der Waals surface area contributed by atoms with E-state index in [2.05, 4.69) is 15.0 Å². The molecule has 0 atom stereocenters. The van der Waals surface area contributed by atoms with Crippen LogP contribution in [-0.2, 0) is 22.9 Å². The normalized spacial score (nSPS) is 14.0. The highest BCUT2D eigenvalue weighted by Crippen LogP contribution is 2.29. The van der Waals surface area contributed by atoms with Gasteiger partial charge in [0.25, 0.3) is 5.91 Å². The van der Waals surface area contributed by atoms with Crippen molar-refractivity contribution in [2.45, 2.75) is 19.3 Å². The van der Waals surface area contributed by atoms with Gasteiger partial charge in [0.15, 0.2) is 0 Å². The van der Waals surface area contributed by atoms with Gasteiger partial charge in [-0.05, 0) is 30.9 Å². The van der Waals surface area contributed by atoms with Crippen molar-refractivity contribution >= 4 is 26.8 Å². The van der Waals surface area contributed by atoms with E-state index < -0.39 is 10.0 Å². The Balaban J connectivity index is 1.85. The first-order chi connectivity index (χ1) is 11.0. The molecule has 1 aliphatic carbocycles. The van der Waals surface area contributed by atoms with E-state index in [0.29, 0.717) is 5.56 Å². The minimum Gasteiger partial charge on any atom is -0.351 e. The number of para-hydroxylation sites is 1. The highest BCUT2D eigenvalue weighted by Gasteiger charge is 2.23. The van der Waals surface area contributed by atoms with Crippen LogP contribution in [0.4, 0.5) is 0 Å². The Bertz CT molecular complexity index is 862. The van der Waals surface area contributed by atoms with Crippen LogP contribution in [0.3, 0.4) is 0 Å². The van der Waals surface area contributed by atoms with Crippen molar-refractivity contribution in [3.05, 3.63) is 41.1 Å². The summed E-state index contributed by atoms with van der Waals surface area (Å²) in [4.78, 5) is 17.3. The van der Waals surface area contributed by atoms with Crippen LogP contribution in [-0.4, -0.2) is 38.7 Å². The van der Waals surface area contributed by atoms with Crippen LogP contribution in [0.25, 0.3) is 10.9 Å². The molecule has 1 aromatic heterocycles. The molecular formula is C16H19N3O3S. The molecule has 0 fully saturated rings. The Hall–Kier alpha value is -1.99. The van der Waals surface area contributed by atoms with Crippen molar-refractivity contribution in [1.29, 1.82) is 0 Å². The molecule has 1 heterocycles. The third kappa shape index (κ3) is 3.51. The molecule has 122 valence electrons. The Morgan fingerprint density at radius 2 is 2.00 bits per heavy atom. The average Bonchev–Trinajstić information content (AvgIpc) is 2.95. The Kier molecular flexibility index (Phi) is 4.32. The summed E-state index contributed by atoms with van der Waals surface area (Å²) in [6, 6.07) is 7.63. The van der Waals surface area contributed by atoms with Gasteiger partial charge in [-0.25, -0.2) is 13.1 Å². The number of carbonyl (C=O) groups excluding carboxylic acids is 1. The van der Waals surface area contributed by atoms with Crippen molar-refractivity contribution in [3.8, 4) is 0 Å². The van der Waals surface area contributed by atoms with Crippen molar-refractivity contribution in [2.75, 3.05) is 19.3 Å². The van der Waals surface area contributed by atoms with Gasteiger partial charge in [0.2, 0.25) is 10.0 Å². The van der Waals surface area contributed by atoms with Gasteiger partial charge in [-0.2, -0.15) is 0 Å². The van der Waals surface area contributed by atoms with E-state index in [4.69, 9.17) is 0 Å². The molecule has 0 aliphatic heterocycles. The summed E-state index contributed by atoms with van der Waals surface area (Å²) in [6.07, 6.45) is 3.86. The van der Waals surface area contributed by atoms with Crippen molar-refractivity contribution in [1.82, 2.24) is 15.0 Å². The lowest BCUT2D eigenvalue weighted by molar-refractivity contribution is 0.0955. The monoisotopic (exact) mass is 333 g/mol. The third-order valence-corrected chi connectivity index (χ3v) is 4.65. The van der Waals surface area contributed by atoms with Gasteiger partial charge >= 0.3 is 0 Å². The van der Waals surface area contributed by atoms with Crippen molar-refractivity contribution in [3.63, 3.8) is 0 Å². The minimum atomic E-state index is -3.24. The molecular weight excluding hydrogens is 314 g/mol. The molecule has 2 N–H and O–H groups in total. The molecule has 7 heteroatoms. The molecule has 0 radical (unpaired) electrons. The third-order valence-electron chi connectivity index (χ3n) is 3.92. The number of amides is 1. The minimum absolute atomic E-state index is 0.169. The first-order valence-corrected chi connectivity index (χ1v) is 9.48. The number of nitrogens with one attached hydrogen (secondary N) is 2. The van der Waals surface area contributed by atoms with E-state index in [1.54, 1.807) is 0 Å². The molecule has 3 rings (SSSR count). The number of hydrogen-bond acceptors (Lipinski definition) is 4. The SMILES string of the molecule is CS(=O)(=O)NCCNC(=O)c1c2c(nc3ccccc13)CCC2. The van der Waals surface area contributed by atoms with Gasteiger partial charge in [-0.1, -0.05) is 18.2 Å². The van der Waals surface area contributed by atoms with Crippen LogP contribution >= 0.6 is 0 Å². The summed E-state index contributed by atoms with van der Waals surface area (Å²) in [5.74, 6) is -0.169. The average molecular weight is 333 g/mol. The molecule has 1 aromatic carbocycles. The molecule has 0 saturated heterocycles. The van der Waals surface area contributed by atoms with Crippen LogP contribution in [0.15, 0.2) is 24.3 Å². The maximum Gasteiger partial charge on any atom is 0.252 e. The van der Waals surface area contributed by atoms with E-state index in [-0.39, 0.29) is 19.0 Å². The molecule has 6 nitrogen and oxygen atoms in total. The van der Waals surface area contributed by atoms with Crippen LogP contribution in [0.2, 0.25) is 0 Å². The Labute approximate surface area is 135 Å². The van der Waals surface area contributed by atoms with E-state index in [1.165, 1.54) is 0 Å². The second-order valence-corrected chi connectivity index (χ2v) is 7.54. The maximum absolute atomic E-state index is 12.6. The zero-order valence-electron chi connectivity index (χ0n) is 12.9. The van der Waals surface area contributed by atoms with Crippen LogP contribution < -0.4 is 10.0 Å². The standard InChI is InChI=1S/C16H19N3O3S/c1-23(21,22)18-10-9-17-16(20)15-11-5-2-3-7-13(11)19-14-8-4-6-12(14)15/h2-3,5,7,18H,4,6,8-10H2,1H3,(H,17,20). The lowest BCUT2D eigenvalue weighted by atomic mass is 10.0. The molecule has 0 saturated carbocycles. The number of aryl methyl sites for hydroxylation is 1. The number of rotatable bonds is 5. The molecule has 0 spiro atoms. The summed E-state index contributed by atoms with van der Waals surface area (Å²) in [5, 5.41) is 3.65. The zero-order valence-corrected chi connectivity index (χ0v) is 13.7. The fourth-order valence-corrected chi connectivity index (χ4v) is 3.44. The van der Waals surface area contributed by atoms with Crippen LogP contribution in [0.5, 0.6) is 0 Å². The van der Waals surface area contributed by atoms with Gasteiger partial charge in [0.1, 0.15) is 0 Å². The van der Waals surface area contributed by atoms with Gasteiger partial charge in [0, 0.05) is 24.2 Å². The second kappa shape index (κ2) is 6.25. The fraction of sp³-hybridized carbons (Fsp3) is 0.375. The largest absolute Gasteiger partial charge is 0.351 e. The summed E-state index contributed by atoms with van der Waals surface area (Å²) in [6.45, 7) is 0.424. The first kappa shape index (κ1) is 15.9. The number of nitrogens with zero attached hydrogens (tertiary/aromatic N) is 1. The Morgan fingerprint density at radius 1 is 1.22 bits per heavy atom. The predicted molar refractivity (Wildman–Crippen MR) is 88.9 cm³/mol. The molecule has 1 aliphatic rings. The topological polar surface area (TPSA) is 88.2 Å². The van der Waals surface area contributed by atoms with E-state index in [1.807, 2.05) is 24.3 Å². The van der Waals surface area contributed by atoms with E-state index in [0.717, 1.165) is 47.7 Å². The van der Waals surface area contributed by atoms with E-state index >= 15 is 0 Å². The number of fused-ring (bicyclic) bond motifs is 2. The lowest BCUT2D eigenvalue weighted by Crippen LogP contribution is -2.34. The van der Waals surface area contributed by atoms with E-state index in [9.17, 15) is 13.2 Å². The molecule has 0 unspecified atom stereocenters. The zero-order chi connectivity index (χ0) is 16.4. The van der Waals surface area contributed by atoms with Gasteiger partial charge in [-0.15, -0.1) is 0 Å². The number of carbonyl (C=O) groups is 1. The smallest absolute Gasteiger partial charge is 0.252 e. The number of aromatic nitrogens is 1.